The van der Waals surface area contributed by atoms with E-state index in [1.54, 1.807) is 0 Å². The second-order valence-electron chi connectivity index (χ2n) is 3.61. The predicted molar refractivity (Wildman–Crippen MR) is 62.7 cm³/mol. The van der Waals surface area contributed by atoms with Crippen molar-refractivity contribution in [2.75, 3.05) is 35.2 Å². The maximum atomic E-state index is 13.5. The first-order chi connectivity index (χ1) is 7.68. The third-order valence-corrected chi connectivity index (χ3v) is 3.51. The predicted octanol–water partition coefficient (Wildman–Crippen LogP) is 1.89. The fourth-order valence-electron chi connectivity index (χ4n) is 1.65. The van der Waals surface area contributed by atoms with Gasteiger partial charge in [0.25, 0.3) is 0 Å². The van der Waals surface area contributed by atoms with Crippen molar-refractivity contribution in [3.8, 4) is 0 Å². The third kappa shape index (κ3) is 2.37. The molecule has 1 fully saturated rings. The summed E-state index contributed by atoms with van der Waals surface area (Å²) < 4.78 is 26.5. The van der Waals surface area contributed by atoms with Crippen LogP contribution >= 0.6 is 11.8 Å². The van der Waals surface area contributed by atoms with E-state index in [9.17, 15) is 8.78 Å². The fraction of sp³-hybridized carbons (Fsp3) is 0.500. The number of hydrogen-bond donors (Lipinski definition) is 1. The first-order valence-corrected chi connectivity index (χ1v) is 6.28. The topological polar surface area (TPSA) is 42.1 Å². The molecule has 0 atom stereocenters. The lowest BCUT2D eigenvalue weighted by atomic mass is 10.3. The van der Waals surface area contributed by atoms with Crippen LogP contribution in [0.1, 0.15) is 6.42 Å². The number of nitrogen functional groups attached to an aromatic ring is 1. The molecule has 6 heteroatoms. The van der Waals surface area contributed by atoms with Gasteiger partial charge in [-0.25, -0.2) is 13.8 Å². The molecule has 2 heterocycles. The fourth-order valence-corrected chi connectivity index (χ4v) is 2.54. The van der Waals surface area contributed by atoms with Crippen LogP contribution in [0.25, 0.3) is 0 Å². The van der Waals surface area contributed by atoms with Crippen molar-refractivity contribution in [2.24, 2.45) is 0 Å². The molecule has 1 aliphatic rings. The van der Waals surface area contributed by atoms with Crippen molar-refractivity contribution in [3.05, 3.63) is 17.7 Å². The zero-order valence-corrected chi connectivity index (χ0v) is 9.57. The molecule has 16 heavy (non-hydrogen) atoms. The number of nitrogens with zero attached hydrogens (tertiary/aromatic N) is 2. The second-order valence-corrected chi connectivity index (χ2v) is 4.84. The van der Waals surface area contributed by atoms with Gasteiger partial charge in [0.2, 0.25) is 0 Å². The van der Waals surface area contributed by atoms with Gasteiger partial charge in [0.05, 0.1) is 0 Å². The molecular formula is C10H13F2N3S. The Hall–Kier alpha value is -1.04. The van der Waals surface area contributed by atoms with Gasteiger partial charge in [0, 0.05) is 24.9 Å². The number of rotatable bonds is 1. The highest BCUT2D eigenvalue weighted by molar-refractivity contribution is 7.99. The monoisotopic (exact) mass is 245 g/mol. The Morgan fingerprint density at radius 2 is 2.06 bits per heavy atom. The highest BCUT2D eigenvalue weighted by Gasteiger charge is 2.17. The van der Waals surface area contributed by atoms with Crippen molar-refractivity contribution in [1.29, 1.82) is 0 Å². The number of hydrogen-bond acceptors (Lipinski definition) is 4. The quantitative estimate of drug-likeness (QED) is 0.820. The van der Waals surface area contributed by atoms with Gasteiger partial charge in [-0.1, -0.05) is 0 Å². The van der Waals surface area contributed by atoms with Crippen LogP contribution in [0.3, 0.4) is 0 Å². The molecule has 0 amide bonds. The van der Waals surface area contributed by atoms with E-state index in [0.717, 1.165) is 37.1 Å². The highest BCUT2D eigenvalue weighted by atomic mass is 32.2. The molecule has 0 bridgehead atoms. The van der Waals surface area contributed by atoms with Crippen molar-refractivity contribution < 1.29 is 8.78 Å². The smallest absolute Gasteiger partial charge is 0.168 e. The molecule has 1 saturated heterocycles. The van der Waals surface area contributed by atoms with E-state index in [1.165, 1.54) is 0 Å². The number of halogens is 2. The van der Waals surface area contributed by atoms with Crippen LogP contribution in [-0.2, 0) is 0 Å². The molecule has 0 radical (unpaired) electrons. The second kappa shape index (κ2) is 4.86. The Kier molecular flexibility index (Phi) is 3.48. The summed E-state index contributed by atoms with van der Waals surface area (Å²) in [5, 5.41) is 0. The van der Waals surface area contributed by atoms with E-state index in [1.807, 2.05) is 16.7 Å². The summed E-state index contributed by atoms with van der Waals surface area (Å²) in [6.07, 6.45) is 0.975. The maximum Gasteiger partial charge on any atom is 0.168 e. The molecule has 1 aromatic rings. The molecule has 1 aliphatic heterocycles. The Bertz CT molecular complexity index is 379. The maximum absolute atomic E-state index is 13.5. The first-order valence-electron chi connectivity index (χ1n) is 5.12. The van der Waals surface area contributed by atoms with Gasteiger partial charge in [0.15, 0.2) is 23.3 Å². The lowest BCUT2D eigenvalue weighted by Gasteiger charge is -2.21. The summed E-state index contributed by atoms with van der Waals surface area (Å²) in [4.78, 5) is 5.61. The lowest BCUT2D eigenvalue weighted by molar-refractivity contribution is 0.571. The number of anilines is 2. The van der Waals surface area contributed by atoms with E-state index in [-0.39, 0.29) is 11.6 Å². The number of pyridine rings is 1. The summed E-state index contributed by atoms with van der Waals surface area (Å²) in [5.41, 5.74) is 5.35. The van der Waals surface area contributed by atoms with Gasteiger partial charge in [-0.05, 0) is 12.2 Å². The zero-order chi connectivity index (χ0) is 11.5. The minimum Gasteiger partial charge on any atom is -0.381 e. The van der Waals surface area contributed by atoms with Gasteiger partial charge in [-0.15, -0.1) is 0 Å². The van der Waals surface area contributed by atoms with Crippen LogP contribution < -0.4 is 10.6 Å². The van der Waals surface area contributed by atoms with Crippen LogP contribution in [0.2, 0.25) is 0 Å². The van der Waals surface area contributed by atoms with Crippen LogP contribution in [0, 0.1) is 11.6 Å². The van der Waals surface area contributed by atoms with Gasteiger partial charge in [-0.3, -0.25) is 0 Å². The van der Waals surface area contributed by atoms with Crippen LogP contribution in [0.15, 0.2) is 6.07 Å². The summed E-state index contributed by atoms with van der Waals surface area (Å²) >= 11 is 1.83. The highest BCUT2D eigenvalue weighted by Crippen LogP contribution is 2.23. The standard InChI is InChI=1S/C10H13F2N3S/c11-7-6-8(12)10(14-9(7)13)15-2-1-4-16-5-3-15/h6H,1-5H2,(H2,13,14). The summed E-state index contributed by atoms with van der Waals surface area (Å²) in [7, 11) is 0. The largest absolute Gasteiger partial charge is 0.381 e. The molecule has 2 rings (SSSR count). The van der Waals surface area contributed by atoms with Crippen LogP contribution in [-0.4, -0.2) is 29.6 Å². The molecule has 0 unspecified atom stereocenters. The third-order valence-electron chi connectivity index (χ3n) is 2.46. The van der Waals surface area contributed by atoms with Crippen LogP contribution in [0.4, 0.5) is 20.4 Å². The average molecular weight is 245 g/mol. The average Bonchev–Trinajstić information content (AvgIpc) is 2.52. The van der Waals surface area contributed by atoms with Gasteiger partial charge >= 0.3 is 0 Å². The summed E-state index contributed by atoms with van der Waals surface area (Å²) in [5.74, 6) is 0.478. The van der Waals surface area contributed by atoms with Gasteiger partial charge < -0.3 is 10.6 Å². The van der Waals surface area contributed by atoms with E-state index in [4.69, 9.17) is 5.73 Å². The summed E-state index contributed by atoms with van der Waals surface area (Å²) in [6, 6.07) is 0.801. The van der Waals surface area contributed by atoms with E-state index in [0.29, 0.717) is 0 Å². The molecule has 0 spiro atoms. The van der Waals surface area contributed by atoms with Crippen LogP contribution in [0.5, 0.6) is 0 Å². The minimum atomic E-state index is -0.801. The molecule has 0 aromatic carbocycles. The van der Waals surface area contributed by atoms with Crippen molar-refractivity contribution >= 4 is 23.4 Å². The molecular weight excluding hydrogens is 232 g/mol. The van der Waals surface area contributed by atoms with Crippen molar-refractivity contribution in [3.63, 3.8) is 0 Å². The zero-order valence-electron chi connectivity index (χ0n) is 8.75. The molecule has 0 saturated carbocycles. The Morgan fingerprint density at radius 3 is 2.88 bits per heavy atom. The van der Waals surface area contributed by atoms with E-state index >= 15 is 0 Å². The molecule has 1 aromatic heterocycles. The summed E-state index contributed by atoms with van der Waals surface area (Å²) in [6.45, 7) is 1.46. The molecule has 3 nitrogen and oxygen atoms in total. The SMILES string of the molecule is Nc1nc(N2CCCSCC2)c(F)cc1F. The number of nitrogens with two attached hydrogens (primary N) is 1. The number of aromatic nitrogens is 1. The lowest BCUT2D eigenvalue weighted by Crippen LogP contribution is -2.27. The Labute approximate surface area is 97.0 Å². The van der Waals surface area contributed by atoms with Gasteiger partial charge in [0.1, 0.15) is 0 Å². The Balaban J connectivity index is 2.27. The molecule has 88 valence electrons. The van der Waals surface area contributed by atoms with Gasteiger partial charge in [-0.2, -0.15) is 11.8 Å². The minimum absolute atomic E-state index is 0.168. The van der Waals surface area contributed by atoms with E-state index < -0.39 is 11.6 Å². The molecule has 2 N–H and O–H groups in total. The van der Waals surface area contributed by atoms with E-state index in [2.05, 4.69) is 4.98 Å². The number of thioether (sulfide) groups is 1. The van der Waals surface area contributed by atoms with Crippen molar-refractivity contribution in [1.82, 2.24) is 4.98 Å². The molecule has 0 aliphatic carbocycles. The first kappa shape index (κ1) is 11.4. The van der Waals surface area contributed by atoms with Crippen molar-refractivity contribution in [2.45, 2.75) is 6.42 Å². The Morgan fingerprint density at radius 1 is 1.25 bits per heavy atom. The normalized spacial score (nSPS) is 17.2.